The Kier molecular flexibility index (Phi) is 5.56. The molecular weight excluding hydrogens is 250 g/mol. The van der Waals surface area contributed by atoms with Crippen molar-refractivity contribution >= 4 is 5.91 Å². The Morgan fingerprint density at radius 2 is 2.00 bits per heavy atom. The number of likely N-dealkylation sites (tertiary alicyclic amines) is 1. The minimum atomic E-state index is -0.230. The number of nitrogens with one attached hydrogen (secondary N) is 1. The van der Waals surface area contributed by atoms with Crippen LogP contribution in [0.3, 0.4) is 0 Å². The first-order valence-electron chi connectivity index (χ1n) is 7.44. The molecule has 1 fully saturated rings. The Bertz CT molecular complexity index is 413. The van der Waals surface area contributed by atoms with Gasteiger partial charge in [-0.25, -0.2) is 0 Å². The second-order valence-corrected chi connectivity index (χ2v) is 5.77. The molecule has 4 heteroatoms. The molecule has 1 unspecified atom stereocenters. The van der Waals surface area contributed by atoms with E-state index in [-0.39, 0.29) is 11.9 Å². The van der Waals surface area contributed by atoms with Crippen molar-refractivity contribution in [1.82, 2.24) is 10.2 Å². The van der Waals surface area contributed by atoms with Crippen LogP contribution >= 0.6 is 0 Å². The van der Waals surface area contributed by atoms with Crippen molar-refractivity contribution in [3.63, 3.8) is 0 Å². The summed E-state index contributed by atoms with van der Waals surface area (Å²) in [5, 5.41) is 3.51. The number of rotatable bonds is 6. The molecule has 4 nitrogen and oxygen atoms in total. The number of amides is 1. The molecule has 1 amide bonds. The normalized spacial score (nSPS) is 18.9. The fourth-order valence-corrected chi connectivity index (χ4v) is 2.86. The third-order valence-electron chi connectivity index (χ3n) is 3.86. The molecule has 1 aromatic carbocycles. The lowest BCUT2D eigenvalue weighted by Crippen LogP contribution is -2.46. The minimum Gasteiger partial charge on any atom is -0.370 e. The lowest BCUT2D eigenvalue weighted by Gasteiger charge is -2.33. The molecule has 0 bridgehead atoms. The van der Waals surface area contributed by atoms with Crippen LogP contribution in [0.4, 0.5) is 0 Å². The SMILES string of the molecule is CC(CC(N)=O)NC1CCN(Cc2ccccc2)CC1. The largest absolute Gasteiger partial charge is 0.370 e. The fourth-order valence-electron chi connectivity index (χ4n) is 2.86. The Morgan fingerprint density at radius 1 is 1.35 bits per heavy atom. The summed E-state index contributed by atoms with van der Waals surface area (Å²) in [6.45, 7) is 5.28. The van der Waals surface area contributed by atoms with E-state index in [4.69, 9.17) is 5.73 Å². The van der Waals surface area contributed by atoms with Crippen molar-refractivity contribution in [2.75, 3.05) is 13.1 Å². The van der Waals surface area contributed by atoms with Gasteiger partial charge in [-0.1, -0.05) is 30.3 Å². The van der Waals surface area contributed by atoms with Crippen molar-refractivity contribution in [3.8, 4) is 0 Å². The van der Waals surface area contributed by atoms with E-state index in [0.29, 0.717) is 12.5 Å². The van der Waals surface area contributed by atoms with Crippen LogP contribution in [0.2, 0.25) is 0 Å². The maximum Gasteiger partial charge on any atom is 0.218 e. The zero-order valence-electron chi connectivity index (χ0n) is 12.2. The van der Waals surface area contributed by atoms with Gasteiger partial charge in [0.1, 0.15) is 0 Å². The number of hydrogen-bond donors (Lipinski definition) is 2. The summed E-state index contributed by atoms with van der Waals surface area (Å²) >= 11 is 0. The van der Waals surface area contributed by atoms with Crippen LogP contribution in [0.1, 0.15) is 31.7 Å². The summed E-state index contributed by atoms with van der Waals surface area (Å²) in [7, 11) is 0. The minimum absolute atomic E-state index is 0.179. The second-order valence-electron chi connectivity index (χ2n) is 5.77. The average molecular weight is 275 g/mol. The Labute approximate surface area is 121 Å². The number of primary amides is 1. The summed E-state index contributed by atoms with van der Waals surface area (Å²) < 4.78 is 0. The van der Waals surface area contributed by atoms with Crippen LogP contribution in [-0.2, 0) is 11.3 Å². The number of benzene rings is 1. The highest BCUT2D eigenvalue weighted by atomic mass is 16.1. The third kappa shape index (κ3) is 4.94. The van der Waals surface area contributed by atoms with Gasteiger partial charge in [-0.05, 0) is 38.4 Å². The first-order valence-corrected chi connectivity index (χ1v) is 7.44. The van der Waals surface area contributed by atoms with Gasteiger partial charge in [0.25, 0.3) is 0 Å². The van der Waals surface area contributed by atoms with E-state index >= 15 is 0 Å². The Morgan fingerprint density at radius 3 is 2.60 bits per heavy atom. The van der Waals surface area contributed by atoms with Crippen molar-refractivity contribution in [1.29, 1.82) is 0 Å². The van der Waals surface area contributed by atoms with E-state index in [0.717, 1.165) is 32.5 Å². The third-order valence-corrected chi connectivity index (χ3v) is 3.86. The zero-order chi connectivity index (χ0) is 14.4. The Balaban J connectivity index is 1.71. The molecule has 1 aliphatic rings. The standard InChI is InChI=1S/C16H25N3O/c1-13(11-16(17)20)18-15-7-9-19(10-8-15)12-14-5-3-2-4-6-14/h2-6,13,15,18H,7-12H2,1H3,(H2,17,20). The maximum absolute atomic E-state index is 10.9. The topological polar surface area (TPSA) is 58.4 Å². The summed E-state index contributed by atoms with van der Waals surface area (Å²) in [6.07, 6.45) is 2.69. The molecule has 1 aliphatic heterocycles. The fraction of sp³-hybridized carbons (Fsp3) is 0.562. The number of carbonyl (C=O) groups is 1. The van der Waals surface area contributed by atoms with Crippen LogP contribution in [-0.4, -0.2) is 36.0 Å². The van der Waals surface area contributed by atoms with Gasteiger partial charge in [-0.2, -0.15) is 0 Å². The van der Waals surface area contributed by atoms with Crippen molar-refractivity contribution in [2.45, 2.75) is 44.8 Å². The highest BCUT2D eigenvalue weighted by Crippen LogP contribution is 2.14. The molecule has 1 heterocycles. The summed E-state index contributed by atoms with van der Waals surface area (Å²) in [5.41, 5.74) is 6.60. The molecule has 3 N–H and O–H groups in total. The number of nitrogens with two attached hydrogens (primary N) is 1. The number of nitrogens with zero attached hydrogens (tertiary/aromatic N) is 1. The molecule has 0 aromatic heterocycles. The smallest absolute Gasteiger partial charge is 0.218 e. The highest BCUT2D eigenvalue weighted by molar-refractivity contribution is 5.74. The summed E-state index contributed by atoms with van der Waals surface area (Å²) in [5.74, 6) is -0.230. The predicted octanol–water partition coefficient (Wildman–Crippen LogP) is 1.50. The van der Waals surface area contributed by atoms with Crippen molar-refractivity contribution in [2.24, 2.45) is 5.73 Å². The molecule has 1 aromatic rings. The first kappa shape index (κ1) is 15.0. The molecule has 0 spiro atoms. The van der Waals surface area contributed by atoms with Gasteiger partial charge in [0.2, 0.25) is 5.91 Å². The van der Waals surface area contributed by atoms with Crippen LogP contribution in [0.5, 0.6) is 0 Å². The average Bonchev–Trinajstić information content (AvgIpc) is 2.41. The quantitative estimate of drug-likeness (QED) is 0.827. The van der Waals surface area contributed by atoms with Crippen LogP contribution in [0.25, 0.3) is 0 Å². The summed E-state index contributed by atoms with van der Waals surface area (Å²) in [4.78, 5) is 13.4. The molecular formula is C16H25N3O. The van der Waals surface area contributed by atoms with Crippen LogP contribution in [0.15, 0.2) is 30.3 Å². The predicted molar refractivity (Wildman–Crippen MR) is 81.2 cm³/mol. The van der Waals surface area contributed by atoms with E-state index in [1.807, 2.05) is 6.92 Å². The molecule has 20 heavy (non-hydrogen) atoms. The molecule has 110 valence electrons. The zero-order valence-corrected chi connectivity index (χ0v) is 12.2. The summed E-state index contributed by atoms with van der Waals surface area (Å²) in [6, 6.07) is 11.3. The molecule has 1 atom stereocenters. The van der Waals surface area contributed by atoms with Gasteiger partial charge in [0.05, 0.1) is 0 Å². The Hall–Kier alpha value is -1.39. The lowest BCUT2D eigenvalue weighted by atomic mass is 10.0. The van der Waals surface area contributed by atoms with E-state index in [1.165, 1.54) is 5.56 Å². The first-order chi connectivity index (χ1) is 9.63. The number of hydrogen-bond acceptors (Lipinski definition) is 3. The molecule has 0 aliphatic carbocycles. The van der Waals surface area contributed by atoms with E-state index in [2.05, 4.69) is 40.5 Å². The maximum atomic E-state index is 10.9. The van der Waals surface area contributed by atoms with Crippen LogP contribution < -0.4 is 11.1 Å². The number of piperidine rings is 1. The van der Waals surface area contributed by atoms with Gasteiger partial charge >= 0.3 is 0 Å². The number of carbonyl (C=O) groups excluding carboxylic acids is 1. The molecule has 0 radical (unpaired) electrons. The van der Waals surface area contributed by atoms with E-state index in [9.17, 15) is 4.79 Å². The van der Waals surface area contributed by atoms with Gasteiger partial charge in [0.15, 0.2) is 0 Å². The van der Waals surface area contributed by atoms with Crippen molar-refractivity contribution < 1.29 is 4.79 Å². The van der Waals surface area contributed by atoms with Gasteiger partial charge < -0.3 is 11.1 Å². The molecule has 1 saturated heterocycles. The van der Waals surface area contributed by atoms with Crippen molar-refractivity contribution in [3.05, 3.63) is 35.9 Å². The van der Waals surface area contributed by atoms with Gasteiger partial charge in [-0.15, -0.1) is 0 Å². The lowest BCUT2D eigenvalue weighted by molar-refractivity contribution is -0.118. The molecule has 0 saturated carbocycles. The van der Waals surface area contributed by atoms with E-state index in [1.54, 1.807) is 0 Å². The van der Waals surface area contributed by atoms with Crippen LogP contribution in [0, 0.1) is 0 Å². The molecule has 2 rings (SSSR count). The second kappa shape index (κ2) is 7.41. The van der Waals surface area contributed by atoms with Gasteiger partial charge in [0, 0.05) is 25.0 Å². The van der Waals surface area contributed by atoms with Gasteiger partial charge in [-0.3, -0.25) is 9.69 Å². The highest BCUT2D eigenvalue weighted by Gasteiger charge is 2.20. The monoisotopic (exact) mass is 275 g/mol. The van der Waals surface area contributed by atoms with E-state index < -0.39 is 0 Å².